The number of hydrogen-bond donors (Lipinski definition) is 1. The molecule has 0 aliphatic carbocycles. The predicted molar refractivity (Wildman–Crippen MR) is 104 cm³/mol. The van der Waals surface area contributed by atoms with Crippen LogP contribution in [-0.2, 0) is 11.2 Å². The van der Waals surface area contributed by atoms with Gasteiger partial charge in [-0.3, -0.25) is 4.79 Å². The zero-order valence-corrected chi connectivity index (χ0v) is 16.2. The van der Waals surface area contributed by atoms with E-state index in [1.807, 2.05) is 42.5 Å². The van der Waals surface area contributed by atoms with Crippen LogP contribution < -0.4 is 10.2 Å². The summed E-state index contributed by atoms with van der Waals surface area (Å²) in [7, 11) is 1.62. The van der Waals surface area contributed by atoms with E-state index >= 15 is 0 Å². The summed E-state index contributed by atoms with van der Waals surface area (Å²) in [6.07, 6.45) is 1.91. The Kier molecular flexibility index (Phi) is 6.62. The Labute approximate surface area is 156 Å². The summed E-state index contributed by atoms with van der Waals surface area (Å²) in [5.41, 5.74) is 4.33. The Morgan fingerprint density at radius 3 is 2.68 bits per heavy atom. The number of rotatable bonds is 5. The third-order valence-corrected chi connectivity index (χ3v) is 4.27. The number of amides is 1. The quantitative estimate of drug-likeness (QED) is 0.373. The number of benzene rings is 2. The van der Waals surface area contributed by atoms with Gasteiger partial charge in [-0.05, 0) is 62.9 Å². The van der Waals surface area contributed by atoms with Crippen LogP contribution in [0.2, 0.25) is 0 Å². The van der Waals surface area contributed by atoms with E-state index in [1.54, 1.807) is 13.3 Å². The van der Waals surface area contributed by atoms with Crippen molar-refractivity contribution < 1.29 is 9.53 Å². The van der Waals surface area contributed by atoms with E-state index in [2.05, 4.69) is 55.7 Å². The Morgan fingerprint density at radius 2 is 2.00 bits per heavy atom. The molecule has 114 valence electrons. The van der Waals surface area contributed by atoms with Crippen LogP contribution >= 0.6 is 45.2 Å². The Balaban J connectivity index is 2.02. The second-order valence-corrected chi connectivity index (χ2v) is 6.87. The van der Waals surface area contributed by atoms with E-state index < -0.39 is 0 Å². The van der Waals surface area contributed by atoms with Crippen LogP contribution in [0.3, 0.4) is 0 Å². The number of carbonyl (C=O) groups excluding carboxylic acids is 1. The minimum atomic E-state index is -0.151. The van der Waals surface area contributed by atoms with Crippen molar-refractivity contribution in [3.8, 4) is 5.75 Å². The number of ether oxygens (including phenoxy) is 1. The molecule has 1 amide bonds. The minimum Gasteiger partial charge on any atom is -0.495 e. The maximum Gasteiger partial charge on any atom is 0.244 e. The fraction of sp³-hybridized carbons (Fsp3) is 0.125. The van der Waals surface area contributed by atoms with Crippen molar-refractivity contribution in [1.29, 1.82) is 0 Å². The van der Waals surface area contributed by atoms with Crippen molar-refractivity contribution in [2.75, 3.05) is 7.11 Å². The van der Waals surface area contributed by atoms with E-state index in [1.165, 1.54) is 0 Å². The topological polar surface area (TPSA) is 50.7 Å². The molecule has 0 aliphatic heterocycles. The largest absolute Gasteiger partial charge is 0.495 e. The van der Waals surface area contributed by atoms with Crippen LogP contribution in [0.15, 0.2) is 47.6 Å². The highest BCUT2D eigenvalue weighted by molar-refractivity contribution is 14.1. The first kappa shape index (κ1) is 17.2. The third kappa shape index (κ3) is 4.94. The molecule has 2 aromatic carbocycles. The van der Waals surface area contributed by atoms with Crippen LogP contribution in [-0.4, -0.2) is 19.2 Å². The molecule has 0 unspecified atom stereocenters. The van der Waals surface area contributed by atoms with E-state index in [0.29, 0.717) is 6.42 Å². The number of carbonyl (C=O) groups is 1. The Hall–Kier alpha value is -1.16. The predicted octanol–water partition coefficient (Wildman–Crippen LogP) is 3.60. The lowest BCUT2D eigenvalue weighted by Gasteiger charge is -2.07. The second kappa shape index (κ2) is 8.47. The van der Waals surface area contributed by atoms with E-state index in [0.717, 1.165) is 24.0 Å². The maximum atomic E-state index is 11.8. The van der Waals surface area contributed by atoms with Crippen molar-refractivity contribution >= 4 is 57.3 Å². The van der Waals surface area contributed by atoms with Gasteiger partial charge in [0.05, 0.1) is 23.3 Å². The second-order valence-electron chi connectivity index (χ2n) is 4.47. The van der Waals surface area contributed by atoms with Gasteiger partial charge >= 0.3 is 0 Å². The molecule has 0 fully saturated rings. The van der Waals surface area contributed by atoms with Crippen molar-refractivity contribution in [2.45, 2.75) is 6.42 Å². The van der Waals surface area contributed by atoms with Crippen LogP contribution in [0.5, 0.6) is 5.75 Å². The SMILES string of the molecule is COc1c(I)cc(I)cc1C=NNC(=O)Cc1ccccc1. The molecule has 0 aromatic heterocycles. The van der Waals surface area contributed by atoms with Gasteiger partial charge in [0, 0.05) is 9.13 Å². The molecule has 22 heavy (non-hydrogen) atoms. The van der Waals surface area contributed by atoms with Gasteiger partial charge in [-0.2, -0.15) is 5.10 Å². The molecule has 6 heteroatoms. The summed E-state index contributed by atoms with van der Waals surface area (Å²) in [5, 5.41) is 4.02. The van der Waals surface area contributed by atoms with Gasteiger partial charge < -0.3 is 4.74 Å². The molecule has 0 aliphatic rings. The van der Waals surface area contributed by atoms with E-state index in [9.17, 15) is 4.79 Å². The molecule has 0 bridgehead atoms. The number of halogens is 2. The van der Waals surface area contributed by atoms with E-state index in [4.69, 9.17) is 4.74 Å². The van der Waals surface area contributed by atoms with Crippen LogP contribution in [0.25, 0.3) is 0 Å². The molecule has 0 radical (unpaired) electrons. The lowest BCUT2D eigenvalue weighted by molar-refractivity contribution is -0.120. The van der Waals surface area contributed by atoms with Gasteiger partial charge in [-0.15, -0.1) is 0 Å². The van der Waals surface area contributed by atoms with Crippen molar-refractivity contribution in [3.05, 3.63) is 60.7 Å². The summed E-state index contributed by atoms with van der Waals surface area (Å²) < 4.78 is 7.46. The average molecular weight is 520 g/mol. The summed E-state index contributed by atoms with van der Waals surface area (Å²) in [4.78, 5) is 11.8. The number of hydrazone groups is 1. The first-order valence-electron chi connectivity index (χ1n) is 6.49. The number of methoxy groups -OCH3 is 1. The normalized spacial score (nSPS) is 10.7. The highest BCUT2D eigenvalue weighted by atomic mass is 127. The van der Waals surface area contributed by atoms with Crippen LogP contribution in [0.4, 0.5) is 0 Å². The molecule has 4 nitrogen and oxygen atoms in total. The number of nitrogens with zero attached hydrogens (tertiary/aromatic N) is 1. The molecule has 2 aromatic rings. The molecule has 0 atom stereocenters. The number of hydrogen-bond acceptors (Lipinski definition) is 3. The van der Waals surface area contributed by atoms with Crippen LogP contribution in [0, 0.1) is 7.14 Å². The molecular formula is C16H14I2N2O2. The van der Waals surface area contributed by atoms with Gasteiger partial charge in [0.1, 0.15) is 5.75 Å². The molecule has 0 saturated carbocycles. The van der Waals surface area contributed by atoms with Gasteiger partial charge in [0.25, 0.3) is 0 Å². The monoisotopic (exact) mass is 520 g/mol. The van der Waals surface area contributed by atoms with Gasteiger partial charge in [-0.25, -0.2) is 5.43 Å². The zero-order valence-electron chi connectivity index (χ0n) is 11.8. The van der Waals surface area contributed by atoms with Crippen molar-refractivity contribution in [3.63, 3.8) is 0 Å². The summed E-state index contributed by atoms with van der Waals surface area (Å²) >= 11 is 4.45. The fourth-order valence-electron chi connectivity index (χ4n) is 1.89. The maximum absolute atomic E-state index is 11.8. The van der Waals surface area contributed by atoms with Gasteiger partial charge in [0.15, 0.2) is 0 Å². The van der Waals surface area contributed by atoms with Crippen LogP contribution in [0.1, 0.15) is 11.1 Å². The third-order valence-electron chi connectivity index (χ3n) is 2.84. The zero-order chi connectivity index (χ0) is 15.9. The summed E-state index contributed by atoms with van der Waals surface area (Å²) in [6.45, 7) is 0. The minimum absolute atomic E-state index is 0.151. The lowest BCUT2D eigenvalue weighted by Crippen LogP contribution is -2.19. The molecular weight excluding hydrogens is 506 g/mol. The lowest BCUT2D eigenvalue weighted by atomic mass is 10.1. The highest BCUT2D eigenvalue weighted by Crippen LogP contribution is 2.26. The van der Waals surface area contributed by atoms with Crippen molar-refractivity contribution in [2.24, 2.45) is 5.10 Å². The average Bonchev–Trinajstić information content (AvgIpc) is 2.48. The first-order chi connectivity index (χ1) is 10.6. The summed E-state index contributed by atoms with van der Waals surface area (Å²) in [6, 6.07) is 13.5. The highest BCUT2D eigenvalue weighted by Gasteiger charge is 2.07. The van der Waals surface area contributed by atoms with Crippen molar-refractivity contribution in [1.82, 2.24) is 5.43 Å². The molecule has 0 heterocycles. The molecule has 1 N–H and O–H groups in total. The standard InChI is InChI=1S/C16H14I2N2O2/c1-22-16-12(8-13(17)9-14(16)18)10-19-20-15(21)7-11-5-3-2-4-6-11/h2-6,8-10H,7H2,1H3,(H,20,21). The number of nitrogens with one attached hydrogen (secondary N) is 1. The first-order valence-corrected chi connectivity index (χ1v) is 8.64. The van der Waals surface area contributed by atoms with Gasteiger partial charge in [0.2, 0.25) is 5.91 Å². The molecule has 2 rings (SSSR count). The van der Waals surface area contributed by atoms with Gasteiger partial charge in [-0.1, -0.05) is 30.3 Å². The van der Waals surface area contributed by atoms with E-state index in [-0.39, 0.29) is 5.91 Å². The molecule has 0 saturated heterocycles. The Morgan fingerprint density at radius 1 is 1.27 bits per heavy atom. The molecule has 0 spiro atoms. The smallest absolute Gasteiger partial charge is 0.244 e. The summed E-state index contributed by atoms with van der Waals surface area (Å²) in [5.74, 6) is 0.601. The fourth-order valence-corrected chi connectivity index (χ4v) is 4.00. The Bertz CT molecular complexity index is 688.